The summed E-state index contributed by atoms with van der Waals surface area (Å²) in [5.41, 5.74) is 4.10. The highest BCUT2D eigenvalue weighted by molar-refractivity contribution is 7.47. The van der Waals surface area contributed by atoms with Crippen LogP contribution in [0.1, 0.15) is 33.9 Å². The number of aromatic nitrogens is 2. The molecule has 34 heavy (non-hydrogen) atoms. The van der Waals surface area contributed by atoms with E-state index in [9.17, 15) is 19.0 Å². The van der Waals surface area contributed by atoms with E-state index in [0.717, 1.165) is 10.6 Å². The molecule has 1 saturated heterocycles. The van der Waals surface area contributed by atoms with Gasteiger partial charge in [0, 0.05) is 18.8 Å². The van der Waals surface area contributed by atoms with Crippen LogP contribution >= 0.6 is 7.82 Å². The van der Waals surface area contributed by atoms with Crippen LogP contribution in [0.5, 0.6) is 0 Å². The molecule has 4 N–H and O–H groups in total. The van der Waals surface area contributed by atoms with Gasteiger partial charge in [-0.1, -0.05) is 13.8 Å². The van der Waals surface area contributed by atoms with Crippen molar-refractivity contribution in [1.29, 1.82) is 0 Å². The Kier molecular flexibility index (Phi) is 11.5. The fourth-order valence-electron chi connectivity index (χ4n) is 3.14. The maximum Gasteiger partial charge on any atom is 0.472 e. The second-order valence-electron chi connectivity index (χ2n) is 8.43. The van der Waals surface area contributed by atoms with Crippen LogP contribution in [0.15, 0.2) is 21.9 Å². The van der Waals surface area contributed by atoms with Crippen LogP contribution in [0.4, 0.5) is 0 Å². The number of hydrogen-bond donors (Lipinski definition) is 3. The summed E-state index contributed by atoms with van der Waals surface area (Å²) in [6.45, 7) is 8.18. The van der Waals surface area contributed by atoms with Crippen LogP contribution in [0.25, 0.3) is 0 Å². The van der Waals surface area contributed by atoms with Gasteiger partial charge in [0.1, 0.15) is 18.3 Å². The van der Waals surface area contributed by atoms with Gasteiger partial charge in [0.2, 0.25) is 0 Å². The van der Waals surface area contributed by atoms with E-state index in [1.807, 2.05) is 27.7 Å². The lowest BCUT2D eigenvalue weighted by molar-refractivity contribution is -0.0896. The maximum atomic E-state index is 12.7. The number of phosphoric ester groups is 1. The summed E-state index contributed by atoms with van der Waals surface area (Å²) in [7, 11) is -4.51. The van der Waals surface area contributed by atoms with Crippen molar-refractivity contribution in [1.82, 2.24) is 9.55 Å². The van der Waals surface area contributed by atoms with E-state index < -0.39 is 43.6 Å². The van der Waals surface area contributed by atoms with Gasteiger partial charge in [-0.3, -0.25) is 23.4 Å². The number of nitrogens with one attached hydrogen (secondary N) is 1. The zero-order valence-corrected chi connectivity index (χ0v) is 20.8. The highest BCUT2D eigenvalue weighted by Crippen LogP contribution is 2.49. The molecule has 2 heterocycles. The van der Waals surface area contributed by atoms with Gasteiger partial charge in [-0.15, -0.1) is 0 Å². The quantitative estimate of drug-likeness (QED) is 0.220. The molecule has 2 unspecified atom stereocenters. The lowest BCUT2D eigenvalue weighted by Gasteiger charge is -2.27. The summed E-state index contributed by atoms with van der Waals surface area (Å²) < 4.78 is 47.3. The summed E-state index contributed by atoms with van der Waals surface area (Å²) >= 11 is 0. The standard InChI is InChI=1S/C20H36N3O10P/c1-13(2)11-31-34(26,27)33-17-15(12-30-14(3)4)32-19(18(17)29-10-9-28-8-6-21)23-7-5-16(24)22-20(23)25/h5,7,13-15,17-19H,6,8-12,21H2,1-4H3,(H,26,27)(H,22,24,25)/t15-,17+,18?,19-/m1/s1. The summed E-state index contributed by atoms with van der Waals surface area (Å²) in [5.74, 6) is -0.0109. The Bertz CT molecular complexity index is 905. The van der Waals surface area contributed by atoms with Crippen LogP contribution in [-0.2, 0) is 32.6 Å². The van der Waals surface area contributed by atoms with Crippen LogP contribution in [0.2, 0.25) is 0 Å². The third kappa shape index (κ3) is 8.99. The second kappa shape index (κ2) is 13.6. The van der Waals surface area contributed by atoms with E-state index >= 15 is 0 Å². The predicted octanol–water partition coefficient (Wildman–Crippen LogP) is 0.378. The first kappa shape index (κ1) is 28.8. The molecule has 1 aliphatic rings. The Morgan fingerprint density at radius 2 is 1.94 bits per heavy atom. The Hall–Kier alpha value is -1.41. The highest BCUT2D eigenvalue weighted by atomic mass is 31.2. The average molecular weight is 509 g/mol. The summed E-state index contributed by atoms with van der Waals surface area (Å²) in [5, 5.41) is 0. The maximum absolute atomic E-state index is 12.7. The number of hydrogen-bond acceptors (Lipinski definition) is 10. The van der Waals surface area contributed by atoms with Gasteiger partial charge in [-0.05, 0) is 19.8 Å². The van der Waals surface area contributed by atoms with Crippen molar-refractivity contribution in [3.8, 4) is 0 Å². The Morgan fingerprint density at radius 1 is 1.21 bits per heavy atom. The van der Waals surface area contributed by atoms with Gasteiger partial charge in [-0.25, -0.2) is 9.36 Å². The topological polar surface area (TPSA) is 174 Å². The molecule has 13 nitrogen and oxygen atoms in total. The fourth-order valence-corrected chi connectivity index (χ4v) is 4.25. The molecule has 0 aliphatic carbocycles. The van der Waals surface area contributed by atoms with Gasteiger partial charge in [0.15, 0.2) is 6.23 Å². The number of nitrogens with zero attached hydrogens (tertiary/aromatic N) is 1. The summed E-state index contributed by atoms with van der Waals surface area (Å²) in [6, 6.07) is 1.16. The molecule has 0 spiro atoms. The molecule has 0 aromatic carbocycles. The van der Waals surface area contributed by atoms with E-state index in [1.165, 1.54) is 6.20 Å². The van der Waals surface area contributed by atoms with Crippen LogP contribution in [0, 0.1) is 5.92 Å². The molecule has 0 amide bonds. The molecule has 1 aliphatic heterocycles. The third-order valence-corrected chi connectivity index (χ3v) is 5.62. The Labute approximate surface area is 198 Å². The van der Waals surface area contributed by atoms with Crippen molar-refractivity contribution >= 4 is 7.82 Å². The van der Waals surface area contributed by atoms with Gasteiger partial charge in [-0.2, -0.15) is 0 Å². The molecule has 0 radical (unpaired) electrons. The largest absolute Gasteiger partial charge is 0.472 e. The zero-order valence-electron chi connectivity index (χ0n) is 20.0. The number of rotatable bonds is 15. The first-order chi connectivity index (χ1) is 16.0. The van der Waals surface area contributed by atoms with Gasteiger partial charge in [0.25, 0.3) is 5.56 Å². The van der Waals surface area contributed by atoms with Crippen LogP contribution in [-0.4, -0.2) is 78.4 Å². The molecule has 14 heteroatoms. The molecule has 1 fully saturated rings. The minimum atomic E-state index is -4.51. The molecule has 196 valence electrons. The monoisotopic (exact) mass is 509 g/mol. The Morgan fingerprint density at radius 3 is 2.56 bits per heavy atom. The number of H-pyrrole nitrogens is 1. The third-order valence-electron chi connectivity index (χ3n) is 4.63. The molecule has 2 rings (SSSR count). The summed E-state index contributed by atoms with van der Waals surface area (Å²) in [6.07, 6.45) is -3.06. The van der Waals surface area contributed by atoms with Gasteiger partial charge in [0.05, 0.1) is 39.1 Å². The minimum Gasteiger partial charge on any atom is -0.378 e. The number of nitrogens with two attached hydrogens (primary N) is 1. The van der Waals surface area contributed by atoms with Crippen molar-refractivity contribution in [2.45, 2.75) is 58.3 Å². The van der Waals surface area contributed by atoms with E-state index in [0.29, 0.717) is 13.2 Å². The fraction of sp³-hybridized carbons (Fsp3) is 0.800. The number of phosphoric acid groups is 1. The predicted molar refractivity (Wildman–Crippen MR) is 121 cm³/mol. The molecule has 5 atom stereocenters. The van der Waals surface area contributed by atoms with E-state index in [-0.39, 0.29) is 38.4 Å². The van der Waals surface area contributed by atoms with Crippen molar-refractivity contribution in [2.75, 3.05) is 39.6 Å². The molecule has 1 aromatic heterocycles. The smallest absolute Gasteiger partial charge is 0.378 e. The Balaban J connectivity index is 2.34. The number of aromatic amines is 1. The lowest BCUT2D eigenvalue weighted by atomic mass is 10.1. The van der Waals surface area contributed by atoms with E-state index in [1.54, 1.807) is 0 Å². The van der Waals surface area contributed by atoms with Crippen molar-refractivity contribution in [3.63, 3.8) is 0 Å². The number of ether oxygens (including phenoxy) is 4. The van der Waals surface area contributed by atoms with Crippen molar-refractivity contribution in [3.05, 3.63) is 33.1 Å². The van der Waals surface area contributed by atoms with Crippen molar-refractivity contribution < 1.29 is 37.5 Å². The second-order valence-corrected chi connectivity index (χ2v) is 9.84. The first-order valence-corrected chi connectivity index (χ1v) is 12.7. The first-order valence-electron chi connectivity index (χ1n) is 11.2. The lowest BCUT2D eigenvalue weighted by Crippen LogP contribution is -2.41. The molecular weight excluding hydrogens is 473 g/mol. The van der Waals surface area contributed by atoms with E-state index in [4.69, 9.17) is 33.7 Å². The normalized spacial score (nSPS) is 24.7. The summed E-state index contributed by atoms with van der Waals surface area (Å²) in [4.78, 5) is 36.5. The molecule has 1 aromatic rings. The zero-order chi connectivity index (χ0) is 25.3. The van der Waals surface area contributed by atoms with Gasteiger partial charge < -0.3 is 29.6 Å². The molecule has 0 bridgehead atoms. The molecule has 0 saturated carbocycles. The van der Waals surface area contributed by atoms with Crippen molar-refractivity contribution in [2.24, 2.45) is 11.7 Å². The minimum absolute atomic E-state index is 0.00419. The van der Waals surface area contributed by atoms with Crippen LogP contribution in [0.3, 0.4) is 0 Å². The van der Waals surface area contributed by atoms with E-state index in [2.05, 4.69) is 4.98 Å². The average Bonchev–Trinajstić information content (AvgIpc) is 3.07. The SMILES string of the molecule is CC(C)COP(=O)(O)O[C@@H]1C(OCCOCCN)[C@H](n2ccc(=O)[nH]c2=O)O[C@@H]1COC(C)C. The van der Waals surface area contributed by atoms with Gasteiger partial charge >= 0.3 is 13.5 Å². The highest BCUT2D eigenvalue weighted by Gasteiger charge is 2.50. The van der Waals surface area contributed by atoms with Crippen LogP contribution < -0.4 is 17.0 Å². The molecular formula is C20H36N3O10P.